The summed E-state index contributed by atoms with van der Waals surface area (Å²) in [7, 11) is 0. The molecule has 1 aliphatic heterocycles. The fraction of sp³-hybridized carbons (Fsp3) is 0.938. The van der Waals surface area contributed by atoms with Crippen molar-refractivity contribution in [2.75, 3.05) is 39.3 Å². The Balaban J connectivity index is 1.57. The lowest BCUT2D eigenvalue weighted by Gasteiger charge is -2.37. The molecule has 0 bridgehead atoms. The van der Waals surface area contributed by atoms with Gasteiger partial charge in [-0.1, -0.05) is 32.6 Å². The largest absolute Gasteiger partial charge is 0.355 e. The van der Waals surface area contributed by atoms with Crippen molar-refractivity contribution in [3.63, 3.8) is 0 Å². The summed E-state index contributed by atoms with van der Waals surface area (Å²) < 4.78 is 0. The number of carbonyl (C=O) groups is 1. The number of nitrogens with zero attached hydrogens (tertiary/aromatic N) is 2. The van der Waals surface area contributed by atoms with Crippen LogP contribution >= 0.6 is 0 Å². The number of hydrogen-bond acceptors (Lipinski definition) is 3. The summed E-state index contributed by atoms with van der Waals surface area (Å²) in [6, 6.07) is 0.833. The summed E-state index contributed by atoms with van der Waals surface area (Å²) in [5, 5.41) is 3.04. The van der Waals surface area contributed by atoms with Crippen LogP contribution in [0.2, 0.25) is 0 Å². The molecule has 2 rings (SSSR count). The van der Waals surface area contributed by atoms with Crippen LogP contribution in [0, 0.1) is 0 Å². The molecule has 0 spiro atoms. The third kappa shape index (κ3) is 5.06. The van der Waals surface area contributed by atoms with Gasteiger partial charge < -0.3 is 5.32 Å². The van der Waals surface area contributed by atoms with E-state index in [9.17, 15) is 4.79 Å². The average Bonchev–Trinajstić information content (AvgIpc) is 2.99. The van der Waals surface area contributed by atoms with Crippen molar-refractivity contribution in [3.05, 3.63) is 0 Å². The summed E-state index contributed by atoms with van der Waals surface area (Å²) in [4.78, 5) is 16.8. The number of carbonyl (C=O) groups excluding carboxylic acids is 1. The molecular formula is C16H31N3O. The Labute approximate surface area is 123 Å². The van der Waals surface area contributed by atoms with Gasteiger partial charge in [0, 0.05) is 38.8 Å². The zero-order chi connectivity index (χ0) is 14.2. The highest BCUT2D eigenvalue weighted by Crippen LogP contribution is 2.24. The van der Waals surface area contributed by atoms with E-state index in [1.54, 1.807) is 0 Å². The van der Waals surface area contributed by atoms with E-state index in [2.05, 4.69) is 22.0 Å². The second-order valence-corrected chi connectivity index (χ2v) is 6.31. The Morgan fingerprint density at radius 3 is 2.45 bits per heavy atom. The Morgan fingerprint density at radius 2 is 1.80 bits per heavy atom. The minimum atomic E-state index is 0.204. The van der Waals surface area contributed by atoms with E-state index in [4.69, 9.17) is 0 Å². The lowest BCUT2D eigenvalue weighted by atomic mass is 10.2. The molecule has 1 saturated heterocycles. The second-order valence-electron chi connectivity index (χ2n) is 6.31. The van der Waals surface area contributed by atoms with Crippen LogP contribution in [0.4, 0.5) is 0 Å². The van der Waals surface area contributed by atoms with Gasteiger partial charge in [-0.25, -0.2) is 0 Å². The number of piperazine rings is 1. The molecule has 1 saturated carbocycles. The first-order valence-corrected chi connectivity index (χ1v) is 8.52. The number of hydrogen-bond donors (Lipinski definition) is 1. The van der Waals surface area contributed by atoms with Crippen molar-refractivity contribution < 1.29 is 4.79 Å². The Bertz CT molecular complexity index is 281. The van der Waals surface area contributed by atoms with E-state index in [1.807, 2.05) is 0 Å². The zero-order valence-corrected chi connectivity index (χ0v) is 13.1. The highest BCUT2D eigenvalue weighted by atomic mass is 16.2. The monoisotopic (exact) mass is 281 g/mol. The summed E-state index contributed by atoms with van der Waals surface area (Å²) in [6.45, 7) is 8.02. The molecule has 0 aromatic heterocycles. The number of nitrogens with one attached hydrogen (secondary N) is 1. The van der Waals surface area contributed by atoms with Gasteiger partial charge in [-0.15, -0.1) is 0 Å². The van der Waals surface area contributed by atoms with E-state index >= 15 is 0 Å². The molecule has 2 fully saturated rings. The molecule has 0 radical (unpaired) electrons. The summed E-state index contributed by atoms with van der Waals surface area (Å²) in [5.74, 6) is 0.204. The van der Waals surface area contributed by atoms with Gasteiger partial charge in [0.15, 0.2) is 0 Å². The summed E-state index contributed by atoms with van der Waals surface area (Å²) in [6.07, 6.45) is 9.11. The number of amides is 1. The minimum Gasteiger partial charge on any atom is -0.355 e. The van der Waals surface area contributed by atoms with E-state index < -0.39 is 0 Å². The standard InChI is InChI=1S/C16H31N3O/c1-2-3-6-9-17-16(20)14-18-10-12-19(13-11-18)15-7-4-5-8-15/h15H,2-14H2,1H3,(H,17,20). The van der Waals surface area contributed by atoms with Crippen LogP contribution in [0.15, 0.2) is 0 Å². The highest BCUT2D eigenvalue weighted by Gasteiger charge is 2.26. The van der Waals surface area contributed by atoms with Gasteiger partial charge in [-0.2, -0.15) is 0 Å². The maximum Gasteiger partial charge on any atom is 0.234 e. The van der Waals surface area contributed by atoms with Crippen molar-refractivity contribution in [2.45, 2.75) is 57.9 Å². The van der Waals surface area contributed by atoms with E-state index in [0.717, 1.165) is 45.2 Å². The predicted molar refractivity (Wildman–Crippen MR) is 82.8 cm³/mol. The van der Waals surface area contributed by atoms with Gasteiger partial charge in [0.05, 0.1) is 6.54 Å². The van der Waals surface area contributed by atoms with Crippen molar-refractivity contribution in [3.8, 4) is 0 Å². The van der Waals surface area contributed by atoms with Crippen LogP contribution in [0.5, 0.6) is 0 Å². The first-order valence-electron chi connectivity index (χ1n) is 8.52. The number of unbranched alkanes of at least 4 members (excludes halogenated alkanes) is 2. The van der Waals surface area contributed by atoms with Gasteiger partial charge in [-0.3, -0.25) is 14.6 Å². The van der Waals surface area contributed by atoms with Crippen LogP contribution in [0.25, 0.3) is 0 Å². The maximum absolute atomic E-state index is 11.8. The van der Waals surface area contributed by atoms with E-state index in [-0.39, 0.29) is 5.91 Å². The van der Waals surface area contributed by atoms with E-state index in [0.29, 0.717) is 6.54 Å². The van der Waals surface area contributed by atoms with Crippen molar-refractivity contribution in [2.24, 2.45) is 0 Å². The first-order chi connectivity index (χ1) is 9.79. The Morgan fingerprint density at radius 1 is 1.10 bits per heavy atom. The van der Waals surface area contributed by atoms with Gasteiger partial charge in [0.25, 0.3) is 0 Å². The average molecular weight is 281 g/mol. The van der Waals surface area contributed by atoms with Gasteiger partial charge in [0.1, 0.15) is 0 Å². The lowest BCUT2D eigenvalue weighted by Crippen LogP contribution is -2.51. The molecule has 1 aliphatic carbocycles. The van der Waals surface area contributed by atoms with Crippen LogP contribution in [0.1, 0.15) is 51.9 Å². The smallest absolute Gasteiger partial charge is 0.234 e. The topological polar surface area (TPSA) is 35.6 Å². The normalized spacial score (nSPS) is 22.2. The van der Waals surface area contributed by atoms with E-state index in [1.165, 1.54) is 38.5 Å². The molecule has 1 N–H and O–H groups in total. The Hall–Kier alpha value is -0.610. The quantitative estimate of drug-likeness (QED) is 0.724. The molecule has 4 nitrogen and oxygen atoms in total. The van der Waals surface area contributed by atoms with Crippen molar-refractivity contribution in [1.82, 2.24) is 15.1 Å². The third-order valence-corrected chi connectivity index (χ3v) is 4.72. The first kappa shape index (κ1) is 15.8. The molecule has 4 heteroatoms. The third-order valence-electron chi connectivity index (χ3n) is 4.72. The number of rotatable bonds is 7. The molecule has 0 atom stereocenters. The molecule has 20 heavy (non-hydrogen) atoms. The van der Waals surface area contributed by atoms with Crippen LogP contribution in [0.3, 0.4) is 0 Å². The van der Waals surface area contributed by atoms with Gasteiger partial charge >= 0.3 is 0 Å². The van der Waals surface area contributed by atoms with Gasteiger partial charge in [0.2, 0.25) is 5.91 Å². The van der Waals surface area contributed by atoms with Crippen LogP contribution < -0.4 is 5.32 Å². The zero-order valence-electron chi connectivity index (χ0n) is 13.1. The fourth-order valence-corrected chi connectivity index (χ4v) is 3.42. The molecule has 116 valence electrons. The van der Waals surface area contributed by atoms with Crippen molar-refractivity contribution >= 4 is 5.91 Å². The minimum absolute atomic E-state index is 0.204. The van der Waals surface area contributed by atoms with Crippen LogP contribution in [-0.4, -0.2) is 61.0 Å². The summed E-state index contributed by atoms with van der Waals surface area (Å²) in [5.41, 5.74) is 0. The predicted octanol–water partition coefficient (Wildman–Crippen LogP) is 1.85. The fourth-order valence-electron chi connectivity index (χ4n) is 3.42. The molecular weight excluding hydrogens is 250 g/mol. The molecule has 1 heterocycles. The molecule has 2 aliphatic rings. The van der Waals surface area contributed by atoms with Crippen LogP contribution in [-0.2, 0) is 4.79 Å². The van der Waals surface area contributed by atoms with Gasteiger partial charge in [-0.05, 0) is 19.3 Å². The molecule has 0 aromatic carbocycles. The maximum atomic E-state index is 11.8. The summed E-state index contributed by atoms with van der Waals surface area (Å²) >= 11 is 0. The Kier molecular flexibility index (Phi) is 6.80. The molecule has 0 unspecified atom stereocenters. The highest BCUT2D eigenvalue weighted by molar-refractivity contribution is 5.77. The second kappa shape index (κ2) is 8.63. The van der Waals surface area contributed by atoms with Crippen molar-refractivity contribution in [1.29, 1.82) is 0 Å². The SMILES string of the molecule is CCCCCNC(=O)CN1CCN(C2CCCC2)CC1. The lowest BCUT2D eigenvalue weighted by molar-refractivity contribution is -0.122. The molecule has 0 aromatic rings. The molecule has 1 amide bonds.